The zero-order valence-corrected chi connectivity index (χ0v) is 18.8. The standard InChI is InChI=1S/C21H29F3N6O4/c1-33-18-10-25-13(9-26-18)7-17(31)27-16-8-15(29-30-16)12-2-3-14(6-12)34-19(32)28-20(4-5-20)11-21(22,23)24/h9-10,12,14-16,29-30H,2-8,11H2,1H3,(H,27,31)(H,28,32)/t12-,14+,15?,16?/m0/s1. The van der Waals surface area contributed by atoms with Crippen LogP contribution >= 0.6 is 0 Å². The number of carbonyl (C=O) groups excluding carboxylic acids is 2. The van der Waals surface area contributed by atoms with Crippen LogP contribution in [-0.4, -0.2) is 59.1 Å². The van der Waals surface area contributed by atoms with Crippen LogP contribution in [0.1, 0.15) is 50.6 Å². The summed E-state index contributed by atoms with van der Waals surface area (Å²) in [6.45, 7) is 0. The molecule has 0 spiro atoms. The molecule has 0 aromatic carbocycles. The monoisotopic (exact) mass is 486 g/mol. The third-order valence-corrected chi connectivity index (χ3v) is 6.53. The normalized spacial score (nSPS) is 27.8. The number of hydrazine groups is 1. The fraction of sp³-hybridized carbons (Fsp3) is 0.714. The Hall–Kier alpha value is -2.67. The molecular formula is C21H29F3N6O4. The molecule has 2 heterocycles. The minimum absolute atomic E-state index is 0.0720. The number of hydrogen-bond acceptors (Lipinski definition) is 8. The van der Waals surface area contributed by atoms with Crippen LogP contribution in [0.15, 0.2) is 12.4 Å². The maximum Gasteiger partial charge on any atom is 0.407 e. The lowest BCUT2D eigenvalue weighted by Crippen LogP contribution is -2.45. The first-order valence-electron chi connectivity index (χ1n) is 11.3. The van der Waals surface area contributed by atoms with Crippen molar-refractivity contribution in [3.63, 3.8) is 0 Å². The Morgan fingerprint density at radius 3 is 2.62 bits per heavy atom. The predicted octanol–water partition coefficient (Wildman–Crippen LogP) is 1.72. The Balaban J connectivity index is 1.17. The average molecular weight is 486 g/mol. The van der Waals surface area contributed by atoms with Gasteiger partial charge in [-0.25, -0.2) is 15.2 Å². The van der Waals surface area contributed by atoms with Gasteiger partial charge in [-0.05, 0) is 44.4 Å². The van der Waals surface area contributed by atoms with Crippen molar-refractivity contribution in [3.8, 4) is 5.88 Å². The van der Waals surface area contributed by atoms with E-state index in [4.69, 9.17) is 9.47 Å². The van der Waals surface area contributed by atoms with Gasteiger partial charge in [-0.3, -0.25) is 15.2 Å². The number of carbonyl (C=O) groups is 2. The molecule has 2 amide bonds. The average Bonchev–Trinajstić information content (AvgIpc) is 3.13. The number of ether oxygens (including phenoxy) is 2. The number of alkyl carbamates (subject to hydrolysis) is 1. The summed E-state index contributed by atoms with van der Waals surface area (Å²) in [7, 11) is 1.49. The van der Waals surface area contributed by atoms with Crippen molar-refractivity contribution in [2.45, 2.75) is 81.4 Å². The molecule has 2 aliphatic carbocycles. The van der Waals surface area contributed by atoms with Gasteiger partial charge in [0.2, 0.25) is 11.8 Å². The van der Waals surface area contributed by atoms with E-state index in [2.05, 4.69) is 31.5 Å². The number of alkyl halides is 3. The van der Waals surface area contributed by atoms with E-state index >= 15 is 0 Å². The van der Waals surface area contributed by atoms with Crippen molar-refractivity contribution in [1.82, 2.24) is 31.5 Å². The number of methoxy groups -OCH3 is 1. The zero-order valence-electron chi connectivity index (χ0n) is 18.8. The first-order chi connectivity index (χ1) is 16.1. The molecular weight excluding hydrogens is 457 g/mol. The molecule has 13 heteroatoms. The van der Waals surface area contributed by atoms with Gasteiger partial charge in [0.05, 0.1) is 49.7 Å². The minimum atomic E-state index is -4.32. The summed E-state index contributed by atoms with van der Waals surface area (Å²) in [5, 5.41) is 5.32. The summed E-state index contributed by atoms with van der Waals surface area (Å²) in [4.78, 5) is 32.6. The van der Waals surface area contributed by atoms with Gasteiger partial charge in [-0.2, -0.15) is 13.2 Å². The van der Waals surface area contributed by atoms with Crippen LogP contribution in [-0.2, 0) is 16.0 Å². The van der Waals surface area contributed by atoms with E-state index in [-0.39, 0.29) is 36.6 Å². The fourth-order valence-electron chi connectivity index (χ4n) is 4.66. The van der Waals surface area contributed by atoms with Crippen molar-refractivity contribution >= 4 is 12.0 Å². The quantitative estimate of drug-likeness (QED) is 0.438. The summed E-state index contributed by atoms with van der Waals surface area (Å²) >= 11 is 0. The molecule has 1 aromatic heterocycles. The third-order valence-electron chi connectivity index (χ3n) is 6.53. The molecule has 3 fully saturated rings. The lowest BCUT2D eigenvalue weighted by atomic mass is 9.96. The van der Waals surface area contributed by atoms with Crippen molar-refractivity contribution in [1.29, 1.82) is 0 Å². The molecule has 188 valence electrons. The number of halogens is 3. The van der Waals surface area contributed by atoms with E-state index in [1.807, 2.05) is 0 Å². The fourth-order valence-corrected chi connectivity index (χ4v) is 4.66. The largest absolute Gasteiger partial charge is 0.480 e. The van der Waals surface area contributed by atoms with Crippen LogP contribution in [0.4, 0.5) is 18.0 Å². The minimum Gasteiger partial charge on any atom is -0.480 e. The van der Waals surface area contributed by atoms with Crippen LogP contribution in [0.2, 0.25) is 0 Å². The van der Waals surface area contributed by atoms with E-state index in [0.29, 0.717) is 43.7 Å². The molecule has 0 bridgehead atoms. The van der Waals surface area contributed by atoms with Crippen LogP contribution in [0.25, 0.3) is 0 Å². The second-order valence-corrected chi connectivity index (χ2v) is 9.28. The Bertz CT molecular complexity index is 880. The molecule has 4 N–H and O–H groups in total. The number of nitrogens with one attached hydrogen (secondary N) is 4. The van der Waals surface area contributed by atoms with E-state index < -0.39 is 24.2 Å². The Kier molecular flexibility index (Phi) is 7.12. The highest BCUT2D eigenvalue weighted by atomic mass is 19.4. The molecule has 10 nitrogen and oxygen atoms in total. The topological polar surface area (TPSA) is 127 Å². The first-order valence-corrected chi connectivity index (χ1v) is 11.3. The maximum absolute atomic E-state index is 12.7. The molecule has 0 radical (unpaired) electrons. The summed E-state index contributed by atoms with van der Waals surface area (Å²) in [6, 6.07) is 0.0720. The van der Waals surface area contributed by atoms with Crippen LogP contribution in [0.3, 0.4) is 0 Å². The van der Waals surface area contributed by atoms with Gasteiger partial charge in [0.25, 0.3) is 0 Å². The first kappa shape index (κ1) is 24.5. The van der Waals surface area contributed by atoms with Crippen LogP contribution in [0.5, 0.6) is 5.88 Å². The van der Waals surface area contributed by atoms with Crippen molar-refractivity contribution in [2.75, 3.05) is 7.11 Å². The van der Waals surface area contributed by atoms with Gasteiger partial charge in [0.15, 0.2) is 0 Å². The lowest BCUT2D eigenvalue weighted by Gasteiger charge is -2.21. The van der Waals surface area contributed by atoms with Crippen molar-refractivity contribution < 1.29 is 32.2 Å². The molecule has 1 aliphatic heterocycles. The van der Waals surface area contributed by atoms with Gasteiger partial charge in [0.1, 0.15) is 6.10 Å². The SMILES string of the molecule is COc1cnc(CC(=O)NC2CC([C@H]3CC[C@@H](OC(=O)NC4(CC(F)(F)F)CC4)C3)NN2)cn1. The number of hydrogen-bond donors (Lipinski definition) is 4. The highest BCUT2D eigenvalue weighted by molar-refractivity contribution is 5.78. The Morgan fingerprint density at radius 2 is 1.97 bits per heavy atom. The molecule has 1 saturated heterocycles. The highest BCUT2D eigenvalue weighted by Crippen LogP contribution is 2.44. The molecule has 2 saturated carbocycles. The van der Waals surface area contributed by atoms with Crippen LogP contribution < -0.4 is 26.2 Å². The van der Waals surface area contributed by atoms with Crippen LogP contribution in [0, 0.1) is 5.92 Å². The molecule has 2 unspecified atom stereocenters. The van der Waals surface area contributed by atoms with E-state index in [1.165, 1.54) is 19.5 Å². The van der Waals surface area contributed by atoms with Gasteiger partial charge in [-0.15, -0.1) is 0 Å². The highest BCUT2D eigenvalue weighted by Gasteiger charge is 2.52. The molecule has 4 rings (SSSR count). The van der Waals surface area contributed by atoms with Gasteiger partial charge in [0, 0.05) is 6.04 Å². The second-order valence-electron chi connectivity index (χ2n) is 9.28. The summed E-state index contributed by atoms with van der Waals surface area (Å²) in [5.41, 5.74) is 5.59. The Morgan fingerprint density at radius 1 is 1.18 bits per heavy atom. The van der Waals surface area contributed by atoms with Crippen molar-refractivity contribution in [3.05, 3.63) is 18.1 Å². The molecule has 1 aromatic rings. The maximum atomic E-state index is 12.7. The summed E-state index contributed by atoms with van der Waals surface area (Å²) in [6.07, 6.45) is -0.355. The summed E-state index contributed by atoms with van der Waals surface area (Å²) in [5.74, 6) is 0.389. The number of rotatable bonds is 8. The van der Waals surface area contributed by atoms with E-state index in [0.717, 1.165) is 6.42 Å². The summed E-state index contributed by atoms with van der Waals surface area (Å²) < 4.78 is 48.4. The molecule has 34 heavy (non-hydrogen) atoms. The lowest BCUT2D eigenvalue weighted by molar-refractivity contribution is -0.141. The number of aromatic nitrogens is 2. The van der Waals surface area contributed by atoms with Gasteiger partial charge < -0.3 is 20.1 Å². The van der Waals surface area contributed by atoms with Gasteiger partial charge >= 0.3 is 12.3 Å². The van der Waals surface area contributed by atoms with Crippen molar-refractivity contribution in [2.24, 2.45) is 5.92 Å². The van der Waals surface area contributed by atoms with Gasteiger partial charge in [-0.1, -0.05) is 0 Å². The third kappa shape index (κ3) is 6.69. The van der Waals surface area contributed by atoms with E-state index in [9.17, 15) is 22.8 Å². The number of amides is 2. The van der Waals surface area contributed by atoms with E-state index in [1.54, 1.807) is 0 Å². The zero-order chi connectivity index (χ0) is 24.3. The smallest absolute Gasteiger partial charge is 0.407 e. The number of nitrogens with zero attached hydrogens (tertiary/aromatic N) is 2. The Labute approximate surface area is 194 Å². The molecule has 4 atom stereocenters. The predicted molar refractivity (Wildman–Crippen MR) is 112 cm³/mol. The second kappa shape index (κ2) is 9.90. The molecule has 3 aliphatic rings.